The highest BCUT2D eigenvalue weighted by molar-refractivity contribution is 7.85. The molecule has 1 aromatic rings. The van der Waals surface area contributed by atoms with Crippen molar-refractivity contribution in [2.45, 2.75) is 13.5 Å². The van der Waals surface area contributed by atoms with Gasteiger partial charge in [-0.25, -0.2) is 4.98 Å². The summed E-state index contributed by atoms with van der Waals surface area (Å²) < 4.78 is 11.3. The van der Waals surface area contributed by atoms with Crippen molar-refractivity contribution in [3.8, 4) is 0 Å². The van der Waals surface area contributed by atoms with Crippen LogP contribution in [0.25, 0.3) is 0 Å². The molecule has 1 aliphatic heterocycles. The third-order valence-corrected chi connectivity index (χ3v) is 4.49. The van der Waals surface area contributed by atoms with E-state index in [9.17, 15) is 4.21 Å². The van der Waals surface area contributed by atoms with Gasteiger partial charge in [0.2, 0.25) is 0 Å². The number of aromatic nitrogens is 1. The molecule has 1 N–H and O–H groups in total. The first-order valence-corrected chi connectivity index (χ1v) is 8.02. The van der Waals surface area contributed by atoms with Crippen LogP contribution in [0.1, 0.15) is 12.5 Å². The molecule has 100 valence electrons. The number of nitrogens with one attached hydrogen (secondary N) is 1. The maximum atomic E-state index is 11.3. The Morgan fingerprint density at radius 3 is 2.83 bits per heavy atom. The topological polar surface area (TPSA) is 45.2 Å². The van der Waals surface area contributed by atoms with Crippen LogP contribution in [0.2, 0.25) is 5.02 Å². The largest absolute Gasteiger partial charge is 0.354 e. The van der Waals surface area contributed by atoms with Crippen LogP contribution in [0.3, 0.4) is 0 Å². The zero-order valence-corrected chi connectivity index (χ0v) is 12.1. The van der Waals surface area contributed by atoms with Gasteiger partial charge in [-0.3, -0.25) is 4.21 Å². The summed E-state index contributed by atoms with van der Waals surface area (Å²) in [5.41, 5.74) is 1.09. The molecule has 0 aliphatic carbocycles. The minimum absolute atomic E-state index is 0.673. The highest BCUT2D eigenvalue weighted by atomic mass is 35.5. The molecule has 1 saturated heterocycles. The van der Waals surface area contributed by atoms with Crippen molar-refractivity contribution in [2.75, 3.05) is 36.0 Å². The van der Waals surface area contributed by atoms with Gasteiger partial charge < -0.3 is 10.2 Å². The van der Waals surface area contributed by atoms with E-state index in [0.29, 0.717) is 16.5 Å². The van der Waals surface area contributed by atoms with Crippen LogP contribution in [-0.2, 0) is 17.3 Å². The molecule has 0 spiro atoms. The Morgan fingerprint density at radius 2 is 2.22 bits per heavy atom. The normalized spacial score (nSPS) is 17.1. The summed E-state index contributed by atoms with van der Waals surface area (Å²) in [4.78, 5) is 6.55. The minimum Gasteiger partial charge on any atom is -0.354 e. The molecule has 1 fully saturated rings. The molecule has 2 rings (SSSR count). The van der Waals surface area contributed by atoms with Crippen LogP contribution in [0.15, 0.2) is 12.3 Å². The summed E-state index contributed by atoms with van der Waals surface area (Å²) in [6.07, 6.45) is 1.86. The predicted octanol–water partition coefficient (Wildman–Crippen LogP) is 1.41. The summed E-state index contributed by atoms with van der Waals surface area (Å²) in [6, 6.07) is 1.96. The average molecular weight is 288 g/mol. The van der Waals surface area contributed by atoms with Crippen molar-refractivity contribution >= 4 is 28.2 Å². The second-order valence-electron chi connectivity index (χ2n) is 4.26. The minimum atomic E-state index is -0.673. The van der Waals surface area contributed by atoms with Gasteiger partial charge >= 0.3 is 0 Å². The lowest BCUT2D eigenvalue weighted by Crippen LogP contribution is -2.38. The Bertz CT molecular complexity index is 431. The quantitative estimate of drug-likeness (QED) is 0.910. The van der Waals surface area contributed by atoms with Gasteiger partial charge in [0.05, 0.1) is 5.02 Å². The molecule has 0 atom stereocenters. The Labute approximate surface area is 115 Å². The zero-order valence-electron chi connectivity index (χ0n) is 10.5. The first-order chi connectivity index (χ1) is 8.70. The van der Waals surface area contributed by atoms with E-state index in [2.05, 4.69) is 22.1 Å². The number of anilines is 1. The number of halogens is 1. The van der Waals surface area contributed by atoms with Gasteiger partial charge in [0.15, 0.2) is 0 Å². The van der Waals surface area contributed by atoms with E-state index in [1.54, 1.807) is 0 Å². The molecule has 0 bridgehead atoms. The molecular formula is C12H18ClN3OS. The first kappa shape index (κ1) is 13.8. The molecule has 2 heterocycles. The van der Waals surface area contributed by atoms with E-state index in [1.165, 1.54) is 0 Å². The summed E-state index contributed by atoms with van der Waals surface area (Å²) in [5, 5.41) is 3.92. The molecule has 0 radical (unpaired) electrons. The summed E-state index contributed by atoms with van der Waals surface area (Å²) >= 11 is 6.27. The lowest BCUT2D eigenvalue weighted by atomic mass is 10.2. The van der Waals surface area contributed by atoms with Gasteiger partial charge in [0.1, 0.15) is 5.82 Å². The van der Waals surface area contributed by atoms with Crippen molar-refractivity contribution < 1.29 is 4.21 Å². The second-order valence-corrected chi connectivity index (χ2v) is 6.37. The van der Waals surface area contributed by atoms with Gasteiger partial charge in [0.25, 0.3) is 0 Å². The fraction of sp³-hybridized carbons (Fsp3) is 0.583. The van der Waals surface area contributed by atoms with Crippen LogP contribution >= 0.6 is 11.6 Å². The maximum Gasteiger partial charge on any atom is 0.147 e. The molecular weight excluding hydrogens is 270 g/mol. The summed E-state index contributed by atoms with van der Waals surface area (Å²) in [5.74, 6) is 2.22. The predicted molar refractivity (Wildman–Crippen MR) is 76.7 cm³/mol. The third-order valence-electron chi connectivity index (χ3n) is 2.93. The van der Waals surface area contributed by atoms with Crippen molar-refractivity contribution in [1.29, 1.82) is 0 Å². The molecule has 0 saturated carbocycles. The molecule has 1 aliphatic rings. The van der Waals surface area contributed by atoms with Gasteiger partial charge in [-0.15, -0.1) is 0 Å². The van der Waals surface area contributed by atoms with Crippen LogP contribution in [0, 0.1) is 0 Å². The number of hydrogen-bond acceptors (Lipinski definition) is 4. The monoisotopic (exact) mass is 287 g/mol. The maximum absolute atomic E-state index is 11.3. The van der Waals surface area contributed by atoms with Gasteiger partial charge in [-0.05, 0) is 18.2 Å². The summed E-state index contributed by atoms with van der Waals surface area (Å²) in [6.45, 7) is 5.32. The van der Waals surface area contributed by atoms with Gasteiger partial charge in [-0.2, -0.15) is 0 Å². The van der Waals surface area contributed by atoms with E-state index in [4.69, 9.17) is 11.6 Å². The van der Waals surface area contributed by atoms with Crippen LogP contribution < -0.4 is 10.2 Å². The van der Waals surface area contributed by atoms with E-state index in [-0.39, 0.29) is 0 Å². The molecule has 6 heteroatoms. The Morgan fingerprint density at radius 1 is 1.50 bits per heavy atom. The van der Waals surface area contributed by atoms with Crippen molar-refractivity contribution in [1.82, 2.24) is 10.3 Å². The fourth-order valence-electron chi connectivity index (χ4n) is 1.92. The smallest absolute Gasteiger partial charge is 0.147 e. The van der Waals surface area contributed by atoms with Crippen LogP contribution in [0.4, 0.5) is 5.82 Å². The van der Waals surface area contributed by atoms with Crippen molar-refractivity contribution in [3.05, 3.63) is 22.8 Å². The Balaban J connectivity index is 2.07. The lowest BCUT2D eigenvalue weighted by molar-refractivity contribution is 0.672. The average Bonchev–Trinajstić information content (AvgIpc) is 2.38. The molecule has 4 nitrogen and oxygen atoms in total. The van der Waals surface area contributed by atoms with Crippen molar-refractivity contribution in [2.24, 2.45) is 0 Å². The highest BCUT2D eigenvalue weighted by Crippen LogP contribution is 2.25. The molecule has 18 heavy (non-hydrogen) atoms. The van der Waals surface area contributed by atoms with E-state index >= 15 is 0 Å². The molecule has 0 aromatic carbocycles. The van der Waals surface area contributed by atoms with Gasteiger partial charge in [0, 0.05) is 48.1 Å². The second kappa shape index (κ2) is 6.50. The molecule has 1 aromatic heterocycles. The number of pyridine rings is 1. The summed E-state index contributed by atoms with van der Waals surface area (Å²) in [7, 11) is -0.673. The first-order valence-electron chi connectivity index (χ1n) is 6.15. The lowest BCUT2D eigenvalue weighted by Gasteiger charge is -2.28. The zero-order chi connectivity index (χ0) is 13.0. The van der Waals surface area contributed by atoms with E-state index in [1.807, 2.05) is 12.3 Å². The Kier molecular flexibility index (Phi) is 4.97. The number of hydrogen-bond donors (Lipinski definition) is 1. The highest BCUT2D eigenvalue weighted by Gasteiger charge is 2.18. The molecule has 0 unspecified atom stereocenters. The SMILES string of the molecule is CCNCc1cnc(N2CCS(=O)CC2)c(Cl)c1. The van der Waals surface area contributed by atoms with Crippen LogP contribution in [-0.4, -0.2) is 40.3 Å². The van der Waals surface area contributed by atoms with E-state index < -0.39 is 10.8 Å². The Hall–Kier alpha value is -0.650. The molecule has 0 amide bonds. The standard InChI is InChI=1S/C12H18ClN3OS/c1-2-14-8-10-7-11(13)12(15-9-10)16-3-5-18(17)6-4-16/h7,9,14H,2-6,8H2,1H3. The van der Waals surface area contributed by atoms with E-state index in [0.717, 1.165) is 37.6 Å². The third kappa shape index (κ3) is 3.43. The van der Waals surface area contributed by atoms with Crippen LogP contribution in [0.5, 0.6) is 0 Å². The van der Waals surface area contributed by atoms with Gasteiger partial charge in [-0.1, -0.05) is 18.5 Å². The van der Waals surface area contributed by atoms with Crippen molar-refractivity contribution in [3.63, 3.8) is 0 Å². The number of nitrogens with zero attached hydrogens (tertiary/aromatic N) is 2. The fourth-order valence-corrected chi connectivity index (χ4v) is 3.28. The number of rotatable bonds is 4.